The van der Waals surface area contributed by atoms with Crippen molar-refractivity contribution in [2.45, 2.75) is 51.5 Å². The predicted octanol–water partition coefficient (Wildman–Crippen LogP) is 3.46. The molecule has 174 valence electrons. The summed E-state index contributed by atoms with van der Waals surface area (Å²) in [6.07, 6.45) is 9.48. The highest BCUT2D eigenvalue weighted by Gasteiger charge is 2.20. The van der Waals surface area contributed by atoms with Crippen LogP contribution in [0.5, 0.6) is 0 Å². The van der Waals surface area contributed by atoms with Crippen molar-refractivity contribution < 1.29 is 4.79 Å². The zero-order valence-corrected chi connectivity index (χ0v) is 19.7. The van der Waals surface area contributed by atoms with Gasteiger partial charge in [-0.05, 0) is 59.2 Å². The van der Waals surface area contributed by atoms with Crippen LogP contribution in [-0.4, -0.2) is 75.2 Å². The topological polar surface area (TPSA) is 91.2 Å². The molecular weight excluding hydrogens is 428 g/mol. The fourth-order valence-corrected chi connectivity index (χ4v) is 4.46. The van der Waals surface area contributed by atoms with Crippen LogP contribution in [0.15, 0.2) is 12.4 Å². The van der Waals surface area contributed by atoms with Crippen molar-refractivity contribution in [3.05, 3.63) is 23.1 Å². The van der Waals surface area contributed by atoms with Crippen LogP contribution in [0.4, 0.5) is 17.5 Å². The van der Waals surface area contributed by atoms with Crippen LogP contribution in [0.25, 0.3) is 0 Å². The number of hydrogen-bond acceptors (Lipinski definition) is 7. The standard InChI is InChI=1S/C22H33ClN8O/c1-16-19(15-31(28-16)17-7-12-29(2)13-8-17)26-22-25-14-18(23)21(27-22)24-9-5-11-30-10-4-3-6-20(30)32/h14-15,17H,3-13H2,1-2H3,(H2,24,25,26,27). The lowest BCUT2D eigenvalue weighted by atomic mass is 10.1. The van der Waals surface area contributed by atoms with E-state index in [2.05, 4.69) is 37.2 Å². The first kappa shape index (κ1) is 22.8. The van der Waals surface area contributed by atoms with Gasteiger partial charge < -0.3 is 20.4 Å². The molecular formula is C22H33ClN8O. The van der Waals surface area contributed by atoms with E-state index in [1.54, 1.807) is 6.20 Å². The average Bonchev–Trinajstić information content (AvgIpc) is 3.15. The van der Waals surface area contributed by atoms with E-state index < -0.39 is 0 Å². The molecule has 2 aliphatic rings. The van der Waals surface area contributed by atoms with E-state index in [4.69, 9.17) is 16.7 Å². The molecule has 2 aromatic heterocycles. The minimum atomic E-state index is 0.263. The van der Waals surface area contributed by atoms with E-state index in [1.807, 2.05) is 18.0 Å². The van der Waals surface area contributed by atoms with Gasteiger partial charge in [0.05, 0.1) is 23.6 Å². The van der Waals surface area contributed by atoms with Crippen LogP contribution in [0, 0.1) is 6.92 Å². The number of nitrogens with zero attached hydrogens (tertiary/aromatic N) is 6. The number of aromatic nitrogens is 4. The van der Waals surface area contributed by atoms with Crippen molar-refractivity contribution in [2.75, 3.05) is 50.4 Å². The maximum atomic E-state index is 11.9. The van der Waals surface area contributed by atoms with Crippen molar-refractivity contribution in [2.24, 2.45) is 0 Å². The van der Waals surface area contributed by atoms with E-state index in [9.17, 15) is 4.79 Å². The Morgan fingerprint density at radius 3 is 2.81 bits per heavy atom. The highest BCUT2D eigenvalue weighted by atomic mass is 35.5. The van der Waals surface area contributed by atoms with Gasteiger partial charge in [-0.15, -0.1) is 0 Å². The molecule has 1 amide bonds. The van der Waals surface area contributed by atoms with Crippen molar-refractivity contribution >= 4 is 35.0 Å². The summed E-state index contributed by atoms with van der Waals surface area (Å²) in [4.78, 5) is 25.1. The second-order valence-electron chi connectivity index (χ2n) is 8.78. The molecule has 2 fully saturated rings. The maximum Gasteiger partial charge on any atom is 0.229 e. The number of anilines is 3. The molecule has 0 aromatic carbocycles. The summed E-state index contributed by atoms with van der Waals surface area (Å²) < 4.78 is 2.07. The quantitative estimate of drug-likeness (QED) is 0.583. The fourth-order valence-electron chi connectivity index (χ4n) is 4.30. The first-order valence-electron chi connectivity index (χ1n) is 11.5. The predicted molar refractivity (Wildman–Crippen MR) is 127 cm³/mol. The molecule has 9 nitrogen and oxygen atoms in total. The number of rotatable bonds is 8. The molecule has 0 spiro atoms. The van der Waals surface area contributed by atoms with E-state index in [0.717, 1.165) is 69.7 Å². The molecule has 0 radical (unpaired) electrons. The van der Waals surface area contributed by atoms with Gasteiger partial charge in [0, 0.05) is 32.3 Å². The Morgan fingerprint density at radius 1 is 1.22 bits per heavy atom. The molecule has 4 heterocycles. The largest absolute Gasteiger partial charge is 0.369 e. The van der Waals surface area contributed by atoms with Crippen molar-refractivity contribution in [3.63, 3.8) is 0 Å². The fraction of sp³-hybridized carbons (Fsp3) is 0.636. The van der Waals surface area contributed by atoms with Crippen LogP contribution < -0.4 is 10.6 Å². The SMILES string of the molecule is Cc1nn(C2CCN(C)CC2)cc1Nc1ncc(Cl)c(NCCCN2CCCCC2=O)n1. The summed E-state index contributed by atoms with van der Waals surface area (Å²) in [5.74, 6) is 1.34. The summed E-state index contributed by atoms with van der Waals surface area (Å²) in [6.45, 7) is 6.49. The molecule has 0 unspecified atom stereocenters. The zero-order chi connectivity index (χ0) is 22.5. The smallest absolute Gasteiger partial charge is 0.229 e. The first-order valence-corrected chi connectivity index (χ1v) is 11.9. The van der Waals surface area contributed by atoms with Gasteiger partial charge in [-0.3, -0.25) is 9.48 Å². The van der Waals surface area contributed by atoms with Gasteiger partial charge in [0.2, 0.25) is 11.9 Å². The van der Waals surface area contributed by atoms with Gasteiger partial charge in [0.15, 0.2) is 0 Å². The van der Waals surface area contributed by atoms with Crippen molar-refractivity contribution in [3.8, 4) is 0 Å². The lowest BCUT2D eigenvalue weighted by molar-refractivity contribution is -0.133. The van der Waals surface area contributed by atoms with E-state index in [1.165, 1.54) is 0 Å². The molecule has 0 aliphatic carbocycles. The molecule has 4 rings (SSSR count). The molecule has 32 heavy (non-hydrogen) atoms. The van der Waals surface area contributed by atoms with Crippen LogP contribution in [0.1, 0.15) is 50.3 Å². The summed E-state index contributed by atoms with van der Waals surface area (Å²) in [7, 11) is 2.16. The van der Waals surface area contributed by atoms with E-state index in [-0.39, 0.29) is 5.91 Å². The normalized spacial score (nSPS) is 18.2. The number of aryl methyl sites for hydroxylation is 1. The number of piperidine rings is 2. The van der Waals surface area contributed by atoms with Gasteiger partial charge >= 0.3 is 0 Å². The Morgan fingerprint density at radius 2 is 2.03 bits per heavy atom. The molecule has 2 saturated heterocycles. The Balaban J connectivity index is 1.33. The third kappa shape index (κ3) is 5.69. The minimum absolute atomic E-state index is 0.263. The van der Waals surface area contributed by atoms with Gasteiger partial charge in [0.25, 0.3) is 0 Å². The third-order valence-corrected chi connectivity index (χ3v) is 6.56. The van der Waals surface area contributed by atoms with Gasteiger partial charge in [-0.1, -0.05) is 11.6 Å². The molecule has 0 bridgehead atoms. The molecule has 2 aromatic rings. The van der Waals surface area contributed by atoms with Gasteiger partial charge in [-0.2, -0.15) is 10.1 Å². The number of likely N-dealkylation sites (tertiary alicyclic amines) is 2. The molecule has 0 atom stereocenters. The summed E-state index contributed by atoms with van der Waals surface area (Å²) >= 11 is 6.30. The number of carbonyl (C=O) groups excluding carboxylic acids is 1. The van der Waals surface area contributed by atoms with Crippen molar-refractivity contribution in [1.29, 1.82) is 0 Å². The van der Waals surface area contributed by atoms with Gasteiger partial charge in [0.1, 0.15) is 10.8 Å². The van der Waals surface area contributed by atoms with Crippen molar-refractivity contribution in [1.82, 2.24) is 29.5 Å². The lowest BCUT2D eigenvalue weighted by Crippen LogP contribution is -2.36. The van der Waals surface area contributed by atoms with Crippen LogP contribution in [-0.2, 0) is 4.79 Å². The highest BCUT2D eigenvalue weighted by molar-refractivity contribution is 6.32. The third-order valence-electron chi connectivity index (χ3n) is 6.29. The van der Waals surface area contributed by atoms with Gasteiger partial charge in [-0.25, -0.2) is 4.98 Å². The van der Waals surface area contributed by atoms with Crippen LogP contribution in [0.2, 0.25) is 5.02 Å². The number of amides is 1. The zero-order valence-electron chi connectivity index (χ0n) is 19.0. The summed E-state index contributed by atoms with van der Waals surface area (Å²) in [5.41, 5.74) is 1.82. The average molecular weight is 461 g/mol. The summed E-state index contributed by atoms with van der Waals surface area (Å²) in [5, 5.41) is 11.8. The molecule has 2 aliphatic heterocycles. The Kier molecular flexibility index (Phi) is 7.47. The molecule has 0 saturated carbocycles. The van der Waals surface area contributed by atoms with Crippen LogP contribution >= 0.6 is 11.6 Å². The number of nitrogens with one attached hydrogen (secondary N) is 2. The summed E-state index contributed by atoms with van der Waals surface area (Å²) in [6, 6.07) is 0.426. The number of halogens is 1. The second-order valence-corrected chi connectivity index (χ2v) is 9.18. The Labute approximate surface area is 194 Å². The minimum Gasteiger partial charge on any atom is -0.369 e. The number of carbonyl (C=O) groups is 1. The first-order chi connectivity index (χ1) is 15.5. The Hall–Kier alpha value is -2.39. The molecule has 10 heteroatoms. The van der Waals surface area contributed by atoms with E-state index in [0.29, 0.717) is 35.8 Å². The van der Waals surface area contributed by atoms with Crippen LogP contribution in [0.3, 0.4) is 0 Å². The van der Waals surface area contributed by atoms with E-state index >= 15 is 0 Å². The second kappa shape index (κ2) is 10.5. The number of hydrogen-bond donors (Lipinski definition) is 2. The molecule has 2 N–H and O–H groups in total. The highest BCUT2D eigenvalue weighted by Crippen LogP contribution is 2.26. The Bertz CT molecular complexity index is 925. The monoisotopic (exact) mass is 460 g/mol. The lowest BCUT2D eigenvalue weighted by Gasteiger charge is -2.28. The maximum absolute atomic E-state index is 11.9.